The van der Waals surface area contributed by atoms with E-state index in [1.54, 1.807) is 13.2 Å². The smallest absolute Gasteiger partial charge is 0.216 e. The molecule has 1 aliphatic heterocycles. The third kappa shape index (κ3) is 2.15. The van der Waals surface area contributed by atoms with Crippen molar-refractivity contribution in [2.45, 2.75) is 26.4 Å². The highest BCUT2D eigenvalue weighted by atomic mass is 16.5. The number of rotatable bonds is 3. The summed E-state index contributed by atoms with van der Waals surface area (Å²) in [4.78, 5) is 17.4. The summed E-state index contributed by atoms with van der Waals surface area (Å²) in [7, 11) is 1.58. The van der Waals surface area contributed by atoms with Gasteiger partial charge in [0.25, 0.3) is 0 Å². The van der Waals surface area contributed by atoms with E-state index < -0.39 is 0 Å². The maximum Gasteiger partial charge on any atom is 0.216 e. The first-order chi connectivity index (χ1) is 9.31. The quantitative estimate of drug-likeness (QED) is 0.888. The summed E-state index contributed by atoms with van der Waals surface area (Å²) < 4.78 is 5.11. The number of fused-ring (bicyclic) bond motifs is 1. The van der Waals surface area contributed by atoms with E-state index in [0.29, 0.717) is 17.4 Å². The number of hydrogen-bond donors (Lipinski definition) is 1. The van der Waals surface area contributed by atoms with Gasteiger partial charge in [-0.05, 0) is 6.42 Å². The van der Waals surface area contributed by atoms with Crippen LogP contribution in [0.2, 0.25) is 0 Å². The standard InChI is InChI=1S/C13H15N5O/c1-3-9-8-5-14-6-11(8)18-13(17-9)10-4-12(19-2)16-7-15-10/h4,7,14H,3,5-6H2,1-2H3. The Balaban J connectivity index is 2.10. The van der Waals surface area contributed by atoms with Gasteiger partial charge in [-0.15, -0.1) is 0 Å². The third-order valence-electron chi connectivity index (χ3n) is 3.19. The Morgan fingerprint density at radius 2 is 2.16 bits per heavy atom. The van der Waals surface area contributed by atoms with Crippen molar-refractivity contribution >= 4 is 0 Å². The molecule has 1 aliphatic rings. The number of methoxy groups -OCH3 is 1. The molecule has 1 N–H and O–H groups in total. The fourth-order valence-corrected chi connectivity index (χ4v) is 2.22. The highest BCUT2D eigenvalue weighted by molar-refractivity contribution is 5.52. The predicted octanol–water partition coefficient (Wildman–Crippen LogP) is 1.11. The summed E-state index contributed by atoms with van der Waals surface area (Å²) in [6, 6.07) is 1.75. The molecule has 0 bridgehead atoms. The SMILES string of the molecule is CCc1nc(-c2cc(OC)ncn2)nc2c1CNC2. The molecular formula is C13H15N5O. The number of nitrogens with one attached hydrogen (secondary N) is 1. The Morgan fingerprint density at radius 1 is 1.26 bits per heavy atom. The summed E-state index contributed by atoms with van der Waals surface area (Å²) in [5, 5.41) is 3.30. The van der Waals surface area contributed by atoms with E-state index in [1.807, 2.05) is 0 Å². The van der Waals surface area contributed by atoms with E-state index in [0.717, 1.165) is 30.9 Å². The van der Waals surface area contributed by atoms with Crippen LogP contribution in [0.25, 0.3) is 11.5 Å². The molecule has 0 unspecified atom stereocenters. The maximum atomic E-state index is 5.11. The molecule has 0 amide bonds. The Morgan fingerprint density at radius 3 is 2.95 bits per heavy atom. The van der Waals surface area contributed by atoms with Crippen LogP contribution in [0.15, 0.2) is 12.4 Å². The molecule has 19 heavy (non-hydrogen) atoms. The highest BCUT2D eigenvalue weighted by Gasteiger charge is 2.19. The van der Waals surface area contributed by atoms with Crippen LogP contribution in [0.3, 0.4) is 0 Å². The van der Waals surface area contributed by atoms with Crippen molar-refractivity contribution in [3.05, 3.63) is 29.3 Å². The zero-order valence-electron chi connectivity index (χ0n) is 11.0. The zero-order chi connectivity index (χ0) is 13.2. The first-order valence-corrected chi connectivity index (χ1v) is 6.27. The summed E-state index contributed by atoms with van der Waals surface area (Å²) in [6.07, 6.45) is 2.36. The Kier molecular flexibility index (Phi) is 3.08. The fourth-order valence-electron chi connectivity index (χ4n) is 2.22. The van der Waals surface area contributed by atoms with Crippen LogP contribution in [0.1, 0.15) is 23.9 Å². The molecule has 3 rings (SSSR count). The van der Waals surface area contributed by atoms with Crippen molar-refractivity contribution in [2.75, 3.05) is 7.11 Å². The molecular weight excluding hydrogens is 242 g/mol. The van der Waals surface area contributed by atoms with E-state index in [-0.39, 0.29) is 0 Å². The van der Waals surface area contributed by atoms with Crippen molar-refractivity contribution in [1.29, 1.82) is 0 Å². The second-order valence-electron chi connectivity index (χ2n) is 4.32. The number of ether oxygens (including phenoxy) is 1. The lowest BCUT2D eigenvalue weighted by Gasteiger charge is -2.08. The molecule has 98 valence electrons. The monoisotopic (exact) mass is 257 g/mol. The molecule has 6 nitrogen and oxygen atoms in total. The summed E-state index contributed by atoms with van der Waals surface area (Å²) in [5.74, 6) is 1.16. The van der Waals surface area contributed by atoms with Gasteiger partial charge in [-0.3, -0.25) is 0 Å². The summed E-state index contributed by atoms with van der Waals surface area (Å²) in [6.45, 7) is 3.75. The molecule has 0 atom stereocenters. The van der Waals surface area contributed by atoms with Crippen LogP contribution < -0.4 is 10.1 Å². The van der Waals surface area contributed by atoms with Gasteiger partial charge in [-0.25, -0.2) is 19.9 Å². The molecule has 2 aromatic rings. The third-order valence-corrected chi connectivity index (χ3v) is 3.19. The summed E-state index contributed by atoms with van der Waals surface area (Å²) >= 11 is 0. The normalized spacial score (nSPS) is 13.4. The molecule has 0 aromatic carbocycles. The van der Waals surface area contributed by atoms with Gasteiger partial charge >= 0.3 is 0 Å². The zero-order valence-corrected chi connectivity index (χ0v) is 11.0. The van der Waals surface area contributed by atoms with E-state index in [4.69, 9.17) is 4.74 Å². The minimum Gasteiger partial charge on any atom is -0.481 e. The van der Waals surface area contributed by atoms with Gasteiger partial charge in [0.2, 0.25) is 5.88 Å². The molecule has 0 fully saturated rings. The topological polar surface area (TPSA) is 72.8 Å². The summed E-state index contributed by atoms with van der Waals surface area (Å²) in [5.41, 5.74) is 4.07. The lowest BCUT2D eigenvalue weighted by atomic mass is 10.1. The largest absolute Gasteiger partial charge is 0.481 e. The van der Waals surface area contributed by atoms with Crippen LogP contribution in [-0.4, -0.2) is 27.0 Å². The molecule has 0 saturated carbocycles. The van der Waals surface area contributed by atoms with E-state index in [9.17, 15) is 0 Å². The van der Waals surface area contributed by atoms with Crippen LogP contribution >= 0.6 is 0 Å². The van der Waals surface area contributed by atoms with Crippen molar-refractivity contribution in [3.8, 4) is 17.4 Å². The second kappa shape index (κ2) is 4.89. The molecule has 0 spiro atoms. The van der Waals surface area contributed by atoms with E-state index in [1.165, 1.54) is 11.9 Å². The van der Waals surface area contributed by atoms with Crippen LogP contribution in [-0.2, 0) is 19.5 Å². The van der Waals surface area contributed by atoms with Gasteiger partial charge in [0.15, 0.2) is 5.82 Å². The number of aryl methyl sites for hydroxylation is 1. The molecule has 0 saturated heterocycles. The molecule has 6 heteroatoms. The van der Waals surface area contributed by atoms with Crippen molar-refractivity contribution in [2.24, 2.45) is 0 Å². The van der Waals surface area contributed by atoms with Gasteiger partial charge in [0.05, 0.1) is 12.8 Å². The Bertz CT molecular complexity index is 614. The molecule has 3 heterocycles. The van der Waals surface area contributed by atoms with Gasteiger partial charge < -0.3 is 10.1 Å². The molecule has 2 aromatic heterocycles. The Labute approximate surface area is 111 Å². The van der Waals surface area contributed by atoms with Gasteiger partial charge in [-0.2, -0.15) is 0 Å². The number of hydrogen-bond acceptors (Lipinski definition) is 6. The van der Waals surface area contributed by atoms with Crippen molar-refractivity contribution in [1.82, 2.24) is 25.3 Å². The number of aromatic nitrogens is 4. The van der Waals surface area contributed by atoms with Gasteiger partial charge in [0.1, 0.15) is 12.0 Å². The van der Waals surface area contributed by atoms with Crippen LogP contribution in [0.5, 0.6) is 5.88 Å². The van der Waals surface area contributed by atoms with E-state index >= 15 is 0 Å². The molecule has 0 aliphatic carbocycles. The lowest BCUT2D eigenvalue weighted by molar-refractivity contribution is 0.397. The van der Waals surface area contributed by atoms with Gasteiger partial charge in [0, 0.05) is 30.4 Å². The second-order valence-corrected chi connectivity index (χ2v) is 4.32. The average molecular weight is 257 g/mol. The molecule has 0 radical (unpaired) electrons. The minimum absolute atomic E-state index is 0.519. The maximum absolute atomic E-state index is 5.11. The number of nitrogens with zero attached hydrogens (tertiary/aromatic N) is 4. The predicted molar refractivity (Wildman–Crippen MR) is 69.5 cm³/mol. The lowest BCUT2D eigenvalue weighted by Crippen LogP contribution is -2.04. The van der Waals surface area contributed by atoms with E-state index in [2.05, 4.69) is 32.2 Å². The van der Waals surface area contributed by atoms with Crippen molar-refractivity contribution in [3.63, 3.8) is 0 Å². The Hall–Kier alpha value is -2.08. The fraction of sp³-hybridized carbons (Fsp3) is 0.385. The van der Waals surface area contributed by atoms with Crippen molar-refractivity contribution < 1.29 is 4.74 Å². The minimum atomic E-state index is 0.519. The highest BCUT2D eigenvalue weighted by Crippen LogP contribution is 2.22. The first-order valence-electron chi connectivity index (χ1n) is 6.27. The van der Waals surface area contributed by atoms with Crippen LogP contribution in [0, 0.1) is 0 Å². The first kappa shape index (κ1) is 12.0. The van der Waals surface area contributed by atoms with Crippen LogP contribution in [0.4, 0.5) is 0 Å². The van der Waals surface area contributed by atoms with Gasteiger partial charge in [-0.1, -0.05) is 6.92 Å². The average Bonchev–Trinajstić information content (AvgIpc) is 2.94.